The number of halogens is 1. The number of aromatic nitrogens is 2. The van der Waals surface area contributed by atoms with Crippen LogP contribution in [-0.4, -0.2) is 29.7 Å². The molecule has 2 aromatic rings. The van der Waals surface area contributed by atoms with E-state index in [1.54, 1.807) is 18.2 Å². The molecule has 2 aromatic heterocycles. The van der Waals surface area contributed by atoms with Crippen molar-refractivity contribution in [2.75, 3.05) is 30.5 Å². The summed E-state index contributed by atoms with van der Waals surface area (Å²) in [7, 11) is 0. The first-order chi connectivity index (χ1) is 11.2. The van der Waals surface area contributed by atoms with Gasteiger partial charge in [-0.2, -0.15) is 4.39 Å². The molecule has 2 rings (SSSR count). The quantitative estimate of drug-likeness (QED) is 0.319. The fourth-order valence-corrected chi connectivity index (χ4v) is 1.91. The number of hydrogen-bond acceptors (Lipinski definition) is 6. The SMILES string of the molecule is CCCOCCNc1nc(-c2ccc(F)nc2)ccc1NN=O. The molecule has 0 atom stereocenters. The van der Waals surface area contributed by atoms with E-state index >= 15 is 0 Å². The van der Waals surface area contributed by atoms with Crippen LogP contribution in [0.5, 0.6) is 0 Å². The van der Waals surface area contributed by atoms with Gasteiger partial charge in [0.15, 0.2) is 5.82 Å². The van der Waals surface area contributed by atoms with Crippen LogP contribution in [0.1, 0.15) is 13.3 Å². The topological polar surface area (TPSA) is 88.5 Å². The van der Waals surface area contributed by atoms with Crippen molar-refractivity contribution in [3.63, 3.8) is 0 Å². The highest BCUT2D eigenvalue weighted by Gasteiger charge is 2.08. The largest absolute Gasteiger partial charge is 0.380 e. The van der Waals surface area contributed by atoms with E-state index in [1.807, 2.05) is 6.92 Å². The number of nitroso groups, excluding NO2 is 1. The summed E-state index contributed by atoms with van der Waals surface area (Å²) in [5.41, 5.74) is 4.07. The van der Waals surface area contributed by atoms with Crippen molar-refractivity contribution in [3.05, 3.63) is 41.3 Å². The summed E-state index contributed by atoms with van der Waals surface area (Å²) in [6.45, 7) is 3.78. The van der Waals surface area contributed by atoms with Crippen molar-refractivity contribution in [2.24, 2.45) is 5.29 Å². The fourth-order valence-electron chi connectivity index (χ4n) is 1.91. The van der Waals surface area contributed by atoms with E-state index in [9.17, 15) is 9.30 Å². The van der Waals surface area contributed by atoms with Crippen LogP contribution < -0.4 is 10.7 Å². The highest BCUT2D eigenvalue weighted by molar-refractivity contribution is 5.70. The first-order valence-corrected chi connectivity index (χ1v) is 7.27. The lowest BCUT2D eigenvalue weighted by Crippen LogP contribution is -2.12. The zero-order chi connectivity index (χ0) is 16.5. The number of nitrogens with zero attached hydrogens (tertiary/aromatic N) is 3. The molecule has 0 bridgehead atoms. The molecule has 0 amide bonds. The average Bonchev–Trinajstić information content (AvgIpc) is 2.57. The first-order valence-electron chi connectivity index (χ1n) is 7.27. The maximum absolute atomic E-state index is 12.9. The van der Waals surface area contributed by atoms with Crippen molar-refractivity contribution in [3.8, 4) is 11.3 Å². The van der Waals surface area contributed by atoms with E-state index in [-0.39, 0.29) is 0 Å². The minimum atomic E-state index is -0.552. The van der Waals surface area contributed by atoms with Crippen molar-refractivity contribution in [2.45, 2.75) is 13.3 Å². The van der Waals surface area contributed by atoms with Gasteiger partial charge >= 0.3 is 0 Å². The van der Waals surface area contributed by atoms with Gasteiger partial charge in [-0.1, -0.05) is 6.92 Å². The Balaban J connectivity index is 2.14. The molecule has 0 radical (unpaired) electrons. The van der Waals surface area contributed by atoms with Crippen molar-refractivity contribution in [1.29, 1.82) is 0 Å². The number of pyridine rings is 2. The lowest BCUT2D eigenvalue weighted by Gasteiger charge is -2.11. The van der Waals surface area contributed by atoms with Gasteiger partial charge in [0.2, 0.25) is 5.95 Å². The Morgan fingerprint density at radius 2 is 2.13 bits per heavy atom. The van der Waals surface area contributed by atoms with E-state index in [1.165, 1.54) is 12.3 Å². The van der Waals surface area contributed by atoms with Crippen molar-refractivity contribution < 1.29 is 9.13 Å². The lowest BCUT2D eigenvalue weighted by molar-refractivity contribution is 0.144. The van der Waals surface area contributed by atoms with Crippen LogP contribution >= 0.6 is 0 Å². The third kappa shape index (κ3) is 4.96. The Kier molecular flexibility index (Phi) is 6.37. The zero-order valence-electron chi connectivity index (χ0n) is 12.8. The Labute approximate surface area is 133 Å². The van der Waals surface area contributed by atoms with E-state index in [0.717, 1.165) is 6.42 Å². The van der Waals surface area contributed by atoms with Gasteiger partial charge in [0, 0.05) is 24.9 Å². The first kappa shape index (κ1) is 16.8. The van der Waals surface area contributed by atoms with Gasteiger partial charge in [0.25, 0.3) is 0 Å². The maximum atomic E-state index is 12.9. The number of ether oxygens (including phenoxy) is 1. The van der Waals surface area contributed by atoms with E-state index < -0.39 is 5.95 Å². The smallest absolute Gasteiger partial charge is 0.212 e. The third-order valence-electron chi connectivity index (χ3n) is 2.97. The standard InChI is InChI=1S/C15H18FN5O2/c1-2-8-23-9-7-17-15-13(20-21-22)5-4-12(19-15)11-3-6-14(16)18-10-11/h3-6,10H,2,7-9H2,1H3,(H,17,19)(H,20,22). The minimum Gasteiger partial charge on any atom is -0.380 e. The van der Waals surface area contributed by atoms with Gasteiger partial charge < -0.3 is 10.1 Å². The molecule has 0 fully saturated rings. The van der Waals surface area contributed by atoms with Crippen molar-refractivity contribution in [1.82, 2.24) is 9.97 Å². The van der Waals surface area contributed by atoms with Crippen LogP contribution in [0.15, 0.2) is 35.7 Å². The maximum Gasteiger partial charge on any atom is 0.212 e. The molecular formula is C15H18FN5O2. The monoisotopic (exact) mass is 319 g/mol. The summed E-state index contributed by atoms with van der Waals surface area (Å²) in [6, 6.07) is 6.22. The summed E-state index contributed by atoms with van der Waals surface area (Å²) in [5, 5.41) is 5.75. The fraction of sp³-hybridized carbons (Fsp3) is 0.333. The number of hydrogen-bond donors (Lipinski definition) is 2. The van der Waals surface area contributed by atoms with Gasteiger partial charge in [-0.05, 0) is 30.7 Å². The predicted octanol–water partition coefficient (Wildman–Crippen LogP) is 3.21. The second-order valence-electron chi connectivity index (χ2n) is 4.70. The van der Waals surface area contributed by atoms with Gasteiger partial charge in [-0.15, -0.1) is 4.91 Å². The molecular weight excluding hydrogens is 301 g/mol. The molecule has 0 aliphatic heterocycles. The molecule has 122 valence electrons. The molecule has 2 heterocycles. The molecule has 0 aliphatic carbocycles. The molecule has 0 aromatic carbocycles. The van der Waals surface area contributed by atoms with E-state index in [0.29, 0.717) is 42.5 Å². The molecule has 8 heteroatoms. The van der Waals surface area contributed by atoms with Crippen LogP contribution in [0.4, 0.5) is 15.9 Å². The van der Waals surface area contributed by atoms with Crippen LogP contribution in [0.3, 0.4) is 0 Å². The van der Waals surface area contributed by atoms with Gasteiger partial charge in [0.1, 0.15) is 5.69 Å². The molecule has 7 nitrogen and oxygen atoms in total. The normalized spacial score (nSPS) is 10.3. The second kappa shape index (κ2) is 8.74. The van der Waals surface area contributed by atoms with Crippen LogP contribution in [0.2, 0.25) is 0 Å². The number of anilines is 2. The molecule has 23 heavy (non-hydrogen) atoms. The van der Waals surface area contributed by atoms with Gasteiger partial charge in [-0.3, -0.25) is 0 Å². The molecule has 0 aliphatic rings. The summed E-state index contributed by atoms with van der Waals surface area (Å²) in [6.07, 6.45) is 2.35. The van der Waals surface area contributed by atoms with Crippen LogP contribution in [0.25, 0.3) is 11.3 Å². The Bertz CT molecular complexity index is 636. The Morgan fingerprint density at radius 3 is 2.83 bits per heavy atom. The van der Waals surface area contributed by atoms with E-state index in [2.05, 4.69) is 26.0 Å². The molecule has 0 spiro atoms. The second-order valence-corrected chi connectivity index (χ2v) is 4.70. The highest BCUT2D eigenvalue weighted by atomic mass is 19.1. The van der Waals surface area contributed by atoms with Crippen LogP contribution in [0, 0.1) is 10.9 Å². The van der Waals surface area contributed by atoms with Crippen LogP contribution in [-0.2, 0) is 4.74 Å². The third-order valence-corrected chi connectivity index (χ3v) is 2.97. The molecule has 0 saturated heterocycles. The predicted molar refractivity (Wildman–Crippen MR) is 86.4 cm³/mol. The molecule has 2 N–H and O–H groups in total. The molecule has 0 saturated carbocycles. The summed E-state index contributed by atoms with van der Waals surface area (Å²) in [4.78, 5) is 18.5. The number of nitrogens with one attached hydrogen (secondary N) is 2. The zero-order valence-corrected chi connectivity index (χ0v) is 12.8. The summed E-state index contributed by atoms with van der Waals surface area (Å²) < 4.78 is 18.3. The summed E-state index contributed by atoms with van der Waals surface area (Å²) in [5.74, 6) is -0.0878. The van der Waals surface area contributed by atoms with Gasteiger partial charge in [0.05, 0.1) is 17.6 Å². The van der Waals surface area contributed by atoms with Crippen molar-refractivity contribution >= 4 is 11.5 Å². The Morgan fingerprint density at radius 1 is 1.26 bits per heavy atom. The highest BCUT2D eigenvalue weighted by Crippen LogP contribution is 2.25. The number of rotatable bonds is 9. The average molecular weight is 319 g/mol. The van der Waals surface area contributed by atoms with E-state index in [4.69, 9.17) is 4.74 Å². The Hall–Kier alpha value is -2.61. The van der Waals surface area contributed by atoms with Gasteiger partial charge in [-0.25, -0.2) is 15.4 Å². The summed E-state index contributed by atoms with van der Waals surface area (Å²) >= 11 is 0. The lowest BCUT2D eigenvalue weighted by atomic mass is 10.2. The minimum absolute atomic E-state index is 0.453. The molecule has 0 unspecified atom stereocenters.